The number of amides is 2. The number of carbonyl (C=O) groups excluding carboxylic acids is 1. The number of thiazole rings is 1. The van der Waals surface area contributed by atoms with Crippen LogP contribution in [-0.2, 0) is 9.53 Å². The van der Waals surface area contributed by atoms with E-state index >= 15 is 0 Å². The van der Waals surface area contributed by atoms with Crippen LogP contribution in [-0.4, -0.2) is 52.8 Å². The molecule has 1 saturated heterocycles. The lowest BCUT2D eigenvalue weighted by atomic mass is 10.1. The van der Waals surface area contributed by atoms with E-state index in [9.17, 15) is 19.1 Å². The van der Waals surface area contributed by atoms with Gasteiger partial charge in [-0.15, -0.1) is 0 Å². The fourth-order valence-corrected chi connectivity index (χ4v) is 3.98. The quantitative estimate of drug-likeness (QED) is 0.719. The molecular weight excluding hydrogens is 361 g/mol. The van der Waals surface area contributed by atoms with Crippen molar-refractivity contribution in [2.45, 2.75) is 6.04 Å². The average Bonchev–Trinajstić information content (AvgIpc) is 3.04. The number of ether oxygens (including phenoxy) is 1. The first-order valence-corrected chi connectivity index (χ1v) is 8.71. The van der Waals surface area contributed by atoms with Crippen molar-refractivity contribution in [2.75, 3.05) is 25.1 Å². The Morgan fingerprint density at radius 2 is 2.19 bits per heavy atom. The molecule has 0 saturated carbocycles. The van der Waals surface area contributed by atoms with Crippen LogP contribution in [0.25, 0.3) is 21.0 Å². The number of nitrogens with zero attached hydrogens (tertiary/aromatic N) is 2. The number of carbonyl (C=O) groups is 2. The number of hydrogen-bond acceptors (Lipinski definition) is 5. The molecule has 2 amide bonds. The molecule has 2 heterocycles. The van der Waals surface area contributed by atoms with Crippen LogP contribution < -0.4 is 5.32 Å². The SMILES string of the molecule is O=C(Nc1nc2ccc3cc(F)ccc3c2s1)[C@H]1COCCN1C(=O)O. The zero-order chi connectivity index (χ0) is 18.3. The number of fused-ring (bicyclic) bond motifs is 3. The molecule has 0 spiro atoms. The van der Waals surface area contributed by atoms with Crippen LogP contribution >= 0.6 is 11.3 Å². The largest absolute Gasteiger partial charge is 0.465 e. The first-order valence-electron chi connectivity index (χ1n) is 7.90. The highest BCUT2D eigenvalue weighted by atomic mass is 32.1. The number of rotatable bonds is 2. The standard InChI is InChI=1S/C17H14FN3O4S/c18-10-2-3-11-9(7-10)1-4-12-14(11)26-16(19-12)20-15(22)13-8-25-6-5-21(13)17(23)24/h1-4,7,13H,5-6,8H2,(H,23,24)(H,19,20,22)/t13-/m1/s1. The molecule has 134 valence electrons. The second-order valence-corrected chi connectivity index (χ2v) is 6.85. The van der Waals surface area contributed by atoms with E-state index in [1.54, 1.807) is 18.2 Å². The topological polar surface area (TPSA) is 91.8 Å². The Labute approximate surface area is 151 Å². The molecule has 1 atom stereocenters. The van der Waals surface area contributed by atoms with Gasteiger partial charge in [-0.3, -0.25) is 9.69 Å². The molecule has 26 heavy (non-hydrogen) atoms. The molecule has 4 rings (SSSR count). The van der Waals surface area contributed by atoms with Crippen molar-refractivity contribution in [2.24, 2.45) is 0 Å². The van der Waals surface area contributed by atoms with Crippen molar-refractivity contribution in [3.8, 4) is 0 Å². The summed E-state index contributed by atoms with van der Waals surface area (Å²) >= 11 is 1.26. The normalized spacial score (nSPS) is 17.6. The third kappa shape index (κ3) is 2.95. The van der Waals surface area contributed by atoms with Crippen LogP contribution in [0.15, 0.2) is 30.3 Å². The molecule has 0 radical (unpaired) electrons. The molecule has 2 aromatic carbocycles. The van der Waals surface area contributed by atoms with Gasteiger partial charge in [0.05, 0.1) is 23.4 Å². The Hall–Kier alpha value is -2.78. The van der Waals surface area contributed by atoms with Gasteiger partial charge in [-0.05, 0) is 29.7 Å². The number of morpholine rings is 1. The Balaban J connectivity index is 1.63. The first kappa shape index (κ1) is 16.7. The molecule has 0 bridgehead atoms. The molecule has 1 aliphatic rings. The summed E-state index contributed by atoms with van der Waals surface area (Å²) in [7, 11) is 0. The van der Waals surface area contributed by atoms with E-state index in [1.807, 2.05) is 0 Å². The van der Waals surface area contributed by atoms with Crippen LogP contribution in [0.5, 0.6) is 0 Å². The minimum Gasteiger partial charge on any atom is -0.465 e. The van der Waals surface area contributed by atoms with Crippen LogP contribution in [0, 0.1) is 5.82 Å². The molecule has 3 aromatic rings. The van der Waals surface area contributed by atoms with E-state index in [-0.39, 0.29) is 25.6 Å². The summed E-state index contributed by atoms with van der Waals surface area (Å²) in [6.07, 6.45) is -1.16. The second kappa shape index (κ2) is 6.50. The summed E-state index contributed by atoms with van der Waals surface area (Å²) in [5.41, 5.74) is 0.680. The van der Waals surface area contributed by atoms with Crippen molar-refractivity contribution in [3.63, 3.8) is 0 Å². The van der Waals surface area contributed by atoms with Crippen molar-refractivity contribution < 1.29 is 23.8 Å². The molecule has 2 N–H and O–H groups in total. The highest BCUT2D eigenvalue weighted by molar-refractivity contribution is 7.23. The minimum absolute atomic E-state index is 0.00519. The summed E-state index contributed by atoms with van der Waals surface area (Å²) in [6, 6.07) is 7.11. The predicted molar refractivity (Wildman–Crippen MR) is 95.1 cm³/mol. The zero-order valence-corrected chi connectivity index (χ0v) is 14.3. The molecule has 1 fully saturated rings. The summed E-state index contributed by atoms with van der Waals surface area (Å²) in [5.74, 6) is -0.803. The Morgan fingerprint density at radius 1 is 1.35 bits per heavy atom. The van der Waals surface area contributed by atoms with Gasteiger partial charge in [0.1, 0.15) is 11.9 Å². The highest BCUT2D eigenvalue weighted by Gasteiger charge is 2.33. The third-order valence-corrected chi connectivity index (χ3v) is 5.26. The maximum absolute atomic E-state index is 13.4. The zero-order valence-electron chi connectivity index (χ0n) is 13.4. The monoisotopic (exact) mass is 375 g/mol. The number of benzene rings is 2. The van der Waals surface area contributed by atoms with E-state index < -0.39 is 18.0 Å². The predicted octanol–water partition coefficient (Wildman–Crippen LogP) is 2.91. The number of carboxylic acid groups (broad SMARTS) is 1. The lowest BCUT2D eigenvalue weighted by Gasteiger charge is -2.31. The molecule has 7 nitrogen and oxygen atoms in total. The Kier molecular flexibility index (Phi) is 4.17. The number of hydrogen-bond donors (Lipinski definition) is 2. The second-order valence-electron chi connectivity index (χ2n) is 5.85. The number of nitrogens with one attached hydrogen (secondary N) is 1. The molecule has 0 aliphatic carbocycles. The number of aromatic nitrogens is 1. The fourth-order valence-electron chi connectivity index (χ4n) is 2.98. The van der Waals surface area contributed by atoms with Crippen LogP contribution in [0.4, 0.5) is 14.3 Å². The molecule has 1 aliphatic heterocycles. The van der Waals surface area contributed by atoms with Gasteiger partial charge in [0.2, 0.25) is 0 Å². The van der Waals surface area contributed by atoms with Gasteiger partial charge in [0.15, 0.2) is 5.13 Å². The molecular formula is C17H14FN3O4S. The Bertz CT molecular complexity index is 1020. The van der Waals surface area contributed by atoms with E-state index in [1.165, 1.54) is 23.5 Å². The lowest BCUT2D eigenvalue weighted by molar-refractivity contribution is -0.125. The van der Waals surface area contributed by atoms with Crippen LogP contribution in [0.1, 0.15) is 0 Å². The van der Waals surface area contributed by atoms with Gasteiger partial charge < -0.3 is 15.2 Å². The smallest absolute Gasteiger partial charge is 0.408 e. The van der Waals surface area contributed by atoms with Gasteiger partial charge in [-0.25, -0.2) is 14.2 Å². The van der Waals surface area contributed by atoms with Crippen LogP contribution in [0.3, 0.4) is 0 Å². The summed E-state index contributed by atoms with van der Waals surface area (Å²) in [4.78, 5) is 29.2. The van der Waals surface area contributed by atoms with Gasteiger partial charge >= 0.3 is 6.09 Å². The molecule has 1 aromatic heterocycles. The van der Waals surface area contributed by atoms with Gasteiger partial charge in [-0.1, -0.05) is 17.4 Å². The highest BCUT2D eigenvalue weighted by Crippen LogP contribution is 2.33. The van der Waals surface area contributed by atoms with E-state index in [0.717, 1.165) is 20.4 Å². The van der Waals surface area contributed by atoms with Gasteiger partial charge in [0, 0.05) is 11.9 Å². The van der Waals surface area contributed by atoms with Crippen molar-refractivity contribution >= 4 is 49.5 Å². The number of halogens is 1. The number of anilines is 1. The average molecular weight is 375 g/mol. The minimum atomic E-state index is -1.16. The van der Waals surface area contributed by atoms with Gasteiger partial charge in [-0.2, -0.15) is 0 Å². The fraction of sp³-hybridized carbons (Fsp3) is 0.235. The van der Waals surface area contributed by atoms with E-state index in [0.29, 0.717) is 10.6 Å². The summed E-state index contributed by atoms with van der Waals surface area (Å²) < 4.78 is 19.4. The van der Waals surface area contributed by atoms with Crippen molar-refractivity contribution in [1.29, 1.82) is 0 Å². The maximum atomic E-state index is 13.4. The summed E-state index contributed by atoms with van der Waals surface area (Å²) in [6.45, 7) is 0.411. The summed E-state index contributed by atoms with van der Waals surface area (Å²) in [5, 5.41) is 13.8. The van der Waals surface area contributed by atoms with E-state index in [2.05, 4.69) is 10.3 Å². The maximum Gasteiger partial charge on any atom is 0.408 e. The molecule has 9 heteroatoms. The first-order chi connectivity index (χ1) is 12.5. The van der Waals surface area contributed by atoms with E-state index in [4.69, 9.17) is 4.74 Å². The van der Waals surface area contributed by atoms with Gasteiger partial charge in [0.25, 0.3) is 5.91 Å². The van der Waals surface area contributed by atoms with Crippen molar-refractivity contribution in [1.82, 2.24) is 9.88 Å². The third-order valence-electron chi connectivity index (χ3n) is 4.24. The lowest BCUT2D eigenvalue weighted by Crippen LogP contribution is -2.53. The van der Waals surface area contributed by atoms with Crippen molar-refractivity contribution in [3.05, 3.63) is 36.1 Å². The van der Waals surface area contributed by atoms with Crippen LogP contribution in [0.2, 0.25) is 0 Å². The Morgan fingerprint density at radius 3 is 3.00 bits per heavy atom. The molecule has 0 unspecified atom stereocenters.